The van der Waals surface area contributed by atoms with Crippen LogP contribution < -0.4 is 4.74 Å². The van der Waals surface area contributed by atoms with Crippen LogP contribution in [0, 0.1) is 29.5 Å². The van der Waals surface area contributed by atoms with Crippen LogP contribution in [0.15, 0.2) is 41.9 Å². The first-order valence-corrected chi connectivity index (χ1v) is 12.4. The minimum absolute atomic E-state index is 0.0243. The molecule has 1 N–H and O–H groups in total. The van der Waals surface area contributed by atoms with Gasteiger partial charge in [0.25, 0.3) is 0 Å². The van der Waals surface area contributed by atoms with Crippen LogP contribution in [-0.4, -0.2) is 53.5 Å². The molecule has 0 radical (unpaired) electrons. The van der Waals surface area contributed by atoms with Crippen molar-refractivity contribution < 1.29 is 23.8 Å². The van der Waals surface area contributed by atoms with E-state index in [0.29, 0.717) is 42.1 Å². The van der Waals surface area contributed by atoms with Crippen molar-refractivity contribution in [3.05, 3.63) is 58.2 Å². The highest BCUT2D eigenvalue weighted by atomic mass is 32.1. The van der Waals surface area contributed by atoms with Crippen molar-refractivity contribution in [1.82, 2.24) is 9.88 Å². The van der Waals surface area contributed by atoms with Crippen LogP contribution in [0.25, 0.3) is 10.9 Å². The zero-order chi connectivity index (χ0) is 24.8. The summed E-state index contributed by atoms with van der Waals surface area (Å²) >= 11 is 1.27. The van der Waals surface area contributed by atoms with Gasteiger partial charge in [-0.2, -0.15) is 0 Å². The number of aliphatic carboxylic acids is 1. The fourth-order valence-electron chi connectivity index (χ4n) is 4.70. The van der Waals surface area contributed by atoms with E-state index in [1.807, 2.05) is 18.2 Å². The summed E-state index contributed by atoms with van der Waals surface area (Å²) in [6, 6.07) is 8.63. The third kappa shape index (κ3) is 6.44. The van der Waals surface area contributed by atoms with Crippen molar-refractivity contribution >= 4 is 34.0 Å². The molecular formula is C27H27FN2O4S. The Morgan fingerprint density at radius 2 is 2.14 bits per heavy atom. The number of halogens is 1. The zero-order valence-electron chi connectivity index (χ0n) is 19.5. The van der Waals surface area contributed by atoms with E-state index in [2.05, 4.69) is 21.7 Å². The average molecular weight is 495 g/mol. The van der Waals surface area contributed by atoms with Gasteiger partial charge in [-0.15, -0.1) is 11.3 Å². The van der Waals surface area contributed by atoms with Crippen molar-refractivity contribution in [3.8, 4) is 17.6 Å². The third-order valence-corrected chi connectivity index (χ3v) is 7.30. The number of hydrogen-bond donors (Lipinski definition) is 1. The van der Waals surface area contributed by atoms with Gasteiger partial charge in [0, 0.05) is 48.0 Å². The minimum Gasteiger partial charge on any atom is -0.497 e. The molecule has 2 aromatic heterocycles. The van der Waals surface area contributed by atoms with Crippen LogP contribution in [0.3, 0.4) is 0 Å². The monoisotopic (exact) mass is 494 g/mol. The highest BCUT2D eigenvalue weighted by Gasteiger charge is 2.31. The molecule has 2 atom stereocenters. The average Bonchev–Trinajstić information content (AvgIpc) is 3.27. The van der Waals surface area contributed by atoms with E-state index in [0.717, 1.165) is 23.9 Å². The smallest absolute Gasteiger partial charge is 0.303 e. The van der Waals surface area contributed by atoms with E-state index in [9.17, 15) is 19.1 Å². The second kappa shape index (κ2) is 11.4. The third-order valence-electron chi connectivity index (χ3n) is 6.49. The minimum atomic E-state index is -0.833. The van der Waals surface area contributed by atoms with E-state index in [-0.39, 0.29) is 29.9 Å². The van der Waals surface area contributed by atoms with Crippen LogP contribution in [0.2, 0.25) is 0 Å². The number of ether oxygens (including phenoxy) is 1. The van der Waals surface area contributed by atoms with Crippen LogP contribution in [0.5, 0.6) is 5.75 Å². The maximum absolute atomic E-state index is 13.1. The first kappa shape index (κ1) is 24.8. The molecular weight excluding hydrogens is 467 g/mol. The van der Waals surface area contributed by atoms with E-state index in [1.165, 1.54) is 22.8 Å². The van der Waals surface area contributed by atoms with E-state index in [4.69, 9.17) is 4.74 Å². The van der Waals surface area contributed by atoms with Gasteiger partial charge in [0.1, 0.15) is 11.6 Å². The van der Waals surface area contributed by atoms with Crippen LogP contribution in [0.1, 0.15) is 40.9 Å². The number of methoxy groups -OCH3 is 1. The number of rotatable bonds is 8. The van der Waals surface area contributed by atoms with E-state index in [1.54, 1.807) is 19.4 Å². The molecule has 182 valence electrons. The summed E-state index contributed by atoms with van der Waals surface area (Å²) in [5, 5.41) is 11.6. The summed E-state index contributed by atoms with van der Waals surface area (Å²) in [6.45, 7) is 1.91. The SMILES string of the molecule is COc1ccc2nccc(C(=O)CCC3CCN(CC#Cc4cc(F)cs4)CC3CC(=O)O)c2c1. The summed E-state index contributed by atoms with van der Waals surface area (Å²) in [5.74, 6) is 5.72. The van der Waals surface area contributed by atoms with Gasteiger partial charge in [-0.05, 0) is 55.5 Å². The lowest BCUT2D eigenvalue weighted by Crippen LogP contribution is -2.41. The van der Waals surface area contributed by atoms with Crippen molar-refractivity contribution in [2.75, 3.05) is 26.7 Å². The Hall–Kier alpha value is -3.28. The van der Waals surface area contributed by atoms with Gasteiger partial charge in [0.2, 0.25) is 0 Å². The number of Topliss-reactive ketones (excluding diaryl/α,β-unsaturated/α-hetero) is 1. The summed E-state index contributed by atoms with van der Waals surface area (Å²) in [6.07, 6.45) is 3.50. The van der Waals surface area contributed by atoms with Crippen molar-refractivity contribution in [2.24, 2.45) is 11.8 Å². The van der Waals surface area contributed by atoms with Gasteiger partial charge < -0.3 is 9.84 Å². The van der Waals surface area contributed by atoms with Gasteiger partial charge in [-0.1, -0.05) is 11.8 Å². The van der Waals surface area contributed by atoms with Crippen molar-refractivity contribution in [2.45, 2.75) is 25.7 Å². The van der Waals surface area contributed by atoms with Gasteiger partial charge >= 0.3 is 5.97 Å². The Labute approximate surface area is 207 Å². The second-order valence-corrected chi connectivity index (χ2v) is 9.69. The Morgan fingerprint density at radius 3 is 2.89 bits per heavy atom. The number of piperidine rings is 1. The number of carbonyl (C=O) groups excluding carboxylic acids is 1. The lowest BCUT2D eigenvalue weighted by atomic mass is 9.79. The maximum Gasteiger partial charge on any atom is 0.303 e. The molecule has 0 amide bonds. The number of carboxylic acids is 1. The molecule has 1 aliphatic rings. The normalized spacial score (nSPS) is 18.1. The molecule has 6 nitrogen and oxygen atoms in total. The number of thiophene rings is 1. The molecule has 0 saturated carbocycles. The van der Waals surface area contributed by atoms with Crippen LogP contribution in [0.4, 0.5) is 4.39 Å². The van der Waals surface area contributed by atoms with E-state index >= 15 is 0 Å². The Morgan fingerprint density at radius 1 is 1.29 bits per heavy atom. The largest absolute Gasteiger partial charge is 0.497 e. The van der Waals surface area contributed by atoms with Gasteiger partial charge in [0.05, 0.1) is 24.0 Å². The van der Waals surface area contributed by atoms with Gasteiger partial charge in [-0.25, -0.2) is 4.39 Å². The molecule has 8 heteroatoms. The highest BCUT2D eigenvalue weighted by molar-refractivity contribution is 7.10. The summed E-state index contributed by atoms with van der Waals surface area (Å²) in [7, 11) is 1.58. The van der Waals surface area contributed by atoms with Gasteiger partial charge in [0.15, 0.2) is 5.78 Å². The van der Waals surface area contributed by atoms with Crippen LogP contribution in [-0.2, 0) is 4.79 Å². The molecule has 4 rings (SSSR count). The molecule has 1 aromatic carbocycles. The topological polar surface area (TPSA) is 79.7 Å². The molecule has 0 bridgehead atoms. The summed E-state index contributed by atoms with van der Waals surface area (Å²) in [4.78, 5) is 31.8. The molecule has 2 unspecified atom stereocenters. The molecule has 3 heterocycles. The number of ketones is 1. The number of aromatic nitrogens is 1. The fourth-order valence-corrected chi connectivity index (χ4v) is 5.32. The van der Waals surface area contributed by atoms with Crippen molar-refractivity contribution in [1.29, 1.82) is 0 Å². The quantitative estimate of drug-likeness (QED) is 0.356. The number of carbonyl (C=O) groups is 2. The van der Waals surface area contributed by atoms with E-state index < -0.39 is 5.97 Å². The number of benzene rings is 1. The van der Waals surface area contributed by atoms with Crippen molar-refractivity contribution in [3.63, 3.8) is 0 Å². The molecule has 1 aliphatic heterocycles. The second-order valence-electron chi connectivity index (χ2n) is 8.78. The number of nitrogens with zero attached hydrogens (tertiary/aromatic N) is 2. The Balaban J connectivity index is 1.39. The maximum atomic E-state index is 13.1. The molecule has 0 aliphatic carbocycles. The number of fused-ring (bicyclic) bond motifs is 1. The lowest BCUT2D eigenvalue weighted by molar-refractivity contribution is -0.139. The molecule has 1 fully saturated rings. The fraction of sp³-hybridized carbons (Fsp3) is 0.370. The summed E-state index contributed by atoms with van der Waals surface area (Å²) in [5.41, 5.74) is 1.35. The Bertz CT molecular complexity index is 1280. The lowest BCUT2D eigenvalue weighted by Gasteiger charge is -2.37. The zero-order valence-corrected chi connectivity index (χ0v) is 20.3. The number of hydrogen-bond acceptors (Lipinski definition) is 6. The highest BCUT2D eigenvalue weighted by Crippen LogP contribution is 2.31. The molecule has 3 aromatic rings. The predicted octanol–water partition coefficient (Wildman–Crippen LogP) is 4.87. The Kier molecular flexibility index (Phi) is 8.11. The van der Waals surface area contributed by atoms with Gasteiger partial charge in [-0.3, -0.25) is 19.5 Å². The predicted molar refractivity (Wildman–Crippen MR) is 133 cm³/mol. The molecule has 0 spiro atoms. The van der Waals surface area contributed by atoms with Crippen LogP contribution >= 0.6 is 11.3 Å². The number of carboxylic acid groups (broad SMARTS) is 1. The first-order valence-electron chi connectivity index (χ1n) is 11.6. The molecule has 1 saturated heterocycles. The first-order chi connectivity index (χ1) is 16.9. The standard InChI is InChI=1S/C27H27FN2O4S/c1-34-21-5-6-25-24(15-21)23(8-10-29-25)26(31)7-4-18-9-12-30(16-19(18)13-27(32)33)11-2-3-22-14-20(28)17-35-22/h5-6,8,10,14-15,17-19H,4,7,9,11-13,16H2,1H3,(H,32,33). The number of likely N-dealkylation sites (tertiary alicyclic amines) is 1. The number of pyridine rings is 1. The molecule has 35 heavy (non-hydrogen) atoms. The summed E-state index contributed by atoms with van der Waals surface area (Å²) < 4.78 is 18.4.